The van der Waals surface area contributed by atoms with Crippen LogP contribution in [0, 0.1) is 0 Å². The van der Waals surface area contributed by atoms with E-state index in [9.17, 15) is 4.79 Å². The van der Waals surface area contributed by atoms with Gasteiger partial charge in [-0.3, -0.25) is 4.79 Å². The van der Waals surface area contributed by atoms with Gasteiger partial charge in [-0.05, 0) is 20.8 Å². The topological polar surface area (TPSA) is 55.6 Å². The highest BCUT2D eigenvalue weighted by Crippen LogP contribution is 2.03. The maximum Gasteiger partial charge on any atom is 0.225 e. The molecule has 0 aliphatic heterocycles. The Bertz CT molecular complexity index is 232. The quantitative estimate of drug-likeness (QED) is 0.518. The average Bonchev–Trinajstić information content (AvgIpc) is 2.17. The Morgan fingerprint density at radius 2 is 2.06 bits per heavy atom. The molecule has 0 bridgehead atoms. The zero-order chi connectivity index (χ0) is 12.6. The monoisotopic (exact) mass is 246 g/mol. The minimum atomic E-state index is 0.0969. The van der Waals surface area contributed by atoms with Gasteiger partial charge in [0.15, 0.2) is 0 Å². The Kier molecular flexibility index (Phi) is 8.11. The number of nitrogens with zero attached hydrogens (tertiary/aromatic N) is 1. The number of hydrogen-bond donors (Lipinski definition) is 1. The molecule has 0 fully saturated rings. The van der Waals surface area contributed by atoms with Crippen molar-refractivity contribution in [1.29, 1.82) is 0 Å². The molecule has 0 aliphatic carbocycles. The predicted molar refractivity (Wildman–Crippen MR) is 69.4 cm³/mol. The molecule has 0 saturated heterocycles. The van der Waals surface area contributed by atoms with Crippen LogP contribution in [0.5, 0.6) is 0 Å². The van der Waals surface area contributed by atoms with Crippen LogP contribution in [0.4, 0.5) is 0 Å². The molecule has 94 valence electrons. The molecular weight excluding hydrogens is 224 g/mol. The van der Waals surface area contributed by atoms with Crippen LogP contribution in [0.2, 0.25) is 0 Å². The molecule has 0 atom stereocenters. The van der Waals surface area contributed by atoms with Gasteiger partial charge in [0, 0.05) is 25.6 Å². The summed E-state index contributed by atoms with van der Waals surface area (Å²) in [6.45, 7) is 7.60. The molecule has 0 radical (unpaired) electrons. The molecular formula is C11H22N2O2S. The number of hydrogen-bond acceptors (Lipinski definition) is 3. The van der Waals surface area contributed by atoms with E-state index in [-0.39, 0.29) is 11.9 Å². The summed E-state index contributed by atoms with van der Waals surface area (Å²) in [7, 11) is 0. The first-order chi connectivity index (χ1) is 7.49. The first-order valence-electron chi connectivity index (χ1n) is 5.64. The van der Waals surface area contributed by atoms with Crippen molar-refractivity contribution in [2.45, 2.75) is 39.7 Å². The SMILES string of the molecule is CCOCCC(=O)N(CCC(N)=S)C(C)C. The maximum absolute atomic E-state index is 11.8. The van der Waals surface area contributed by atoms with Gasteiger partial charge >= 0.3 is 0 Å². The molecule has 1 amide bonds. The van der Waals surface area contributed by atoms with Gasteiger partial charge in [-0.1, -0.05) is 12.2 Å². The lowest BCUT2D eigenvalue weighted by Gasteiger charge is -2.26. The first-order valence-corrected chi connectivity index (χ1v) is 6.05. The lowest BCUT2D eigenvalue weighted by Crippen LogP contribution is -2.39. The Labute approximate surface area is 103 Å². The van der Waals surface area contributed by atoms with Crippen molar-refractivity contribution in [2.24, 2.45) is 5.73 Å². The summed E-state index contributed by atoms with van der Waals surface area (Å²) in [5.74, 6) is 0.0969. The number of rotatable bonds is 8. The highest BCUT2D eigenvalue weighted by atomic mass is 32.1. The van der Waals surface area contributed by atoms with Gasteiger partial charge in [-0.2, -0.15) is 0 Å². The summed E-state index contributed by atoms with van der Waals surface area (Å²) < 4.78 is 5.16. The molecule has 2 N–H and O–H groups in total. The molecule has 0 aromatic heterocycles. The third kappa shape index (κ3) is 6.74. The Hall–Kier alpha value is -0.680. The third-order valence-electron chi connectivity index (χ3n) is 2.21. The molecule has 5 heteroatoms. The van der Waals surface area contributed by atoms with Crippen molar-refractivity contribution in [1.82, 2.24) is 4.90 Å². The number of ether oxygens (including phenoxy) is 1. The van der Waals surface area contributed by atoms with E-state index in [4.69, 9.17) is 22.7 Å². The summed E-state index contributed by atoms with van der Waals surface area (Å²) in [6.07, 6.45) is 0.997. The van der Waals surface area contributed by atoms with Crippen molar-refractivity contribution < 1.29 is 9.53 Å². The summed E-state index contributed by atoms with van der Waals surface area (Å²) in [5.41, 5.74) is 5.43. The van der Waals surface area contributed by atoms with Crippen LogP contribution in [-0.2, 0) is 9.53 Å². The first kappa shape index (κ1) is 15.3. The summed E-state index contributed by atoms with van der Waals surface area (Å²) in [6, 6.07) is 0.170. The van der Waals surface area contributed by atoms with Crippen LogP contribution < -0.4 is 5.73 Å². The zero-order valence-corrected chi connectivity index (χ0v) is 11.2. The van der Waals surface area contributed by atoms with Gasteiger partial charge in [-0.25, -0.2) is 0 Å². The van der Waals surface area contributed by atoms with Crippen LogP contribution in [0.1, 0.15) is 33.6 Å². The summed E-state index contributed by atoms with van der Waals surface area (Å²) >= 11 is 4.81. The third-order valence-corrected chi connectivity index (χ3v) is 2.41. The minimum absolute atomic E-state index is 0.0969. The Morgan fingerprint density at radius 3 is 2.50 bits per heavy atom. The number of carbonyl (C=O) groups is 1. The number of carbonyl (C=O) groups excluding carboxylic acids is 1. The van der Waals surface area contributed by atoms with Crippen molar-refractivity contribution in [3.05, 3.63) is 0 Å². The second-order valence-electron chi connectivity index (χ2n) is 3.84. The van der Waals surface area contributed by atoms with E-state index in [1.165, 1.54) is 0 Å². The van der Waals surface area contributed by atoms with E-state index in [2.05, 4.69) is 0 Å². The lowest BCUT2D eigenvalue weighted by molar-refractivity contribution is -0.133. The fourth-order valence-corrected chi connectivity index (χ4v) is 1.44. The van der Waals surface area contributed by atoms with Gasteiger partial charge in [0.25, 0.3) is 0 Å². The summed E-state index contributed by atoms with van der Waals surface area (Å²) in [5, 5.41) is 0. The molecule has 0 rings (SSSR count). The van der Waals surface area contributed by atoms with Crippen molar-refractivity contribution in [2.75, 3.05) is 19.8 Å². The molecule has 0 unspecified atom stereocenters. The Morgan fingerprint density at radius 1 is 1.44 bits per heavy atom. The molecule has 16 heavy (non-hydrogen) atoms. The number of thiocarbonyl (C=S) groups is 1. The van der Waals surface area contributed by atoms with Crippen LogP contribution >= 0.6 is 12.2 Å². The van der Waals surface area contributed by atoms with Crippen LogP contribution in [0.15, 0.2) is 0 Å². The maximum atomic E-state index is 11.8. The van der Waals surface area contributed by atoms with E-state index in [1.54, 1.807) is 4.90 Å². The summed E-state index contributed by atoms with van der Waals surface area (Å²) in [4.78, 5) is 14.1. The molecule has 0 heterocycles. The van der Waals surface area contributed by atoms with E-state index >= 15 is 0 Å². The molecule has 0 saturated carbocycles. The number of nitrogens with two attached hydrogens (primary N) is 1. The minimum Gasteiger partial charge on any atom is -0.393 e. The molecule has 0 aliphatic rings. The lowest BCUT2D eigenvalue weighted by atomic mass is 10.2. The smallest absolute Gasteiger partial charge is 0.225 e. The van der Waals surface area contributed by atoms with E-state index in [1.807, 2.05) is 20.8 Å². The second-order valence-corrected chi connectivity index (χ2v) is 4.37. The Balaban J connectivity index is 4.08. The van der Waals surface area contributed by atoms with E-state index in [0.717, 1.165) is 0 Å². The standard InChI is InChI=1S/C11H22N2O2S/c1-4-15-8-6-11(14)13(9(2)3)7-5-10(12)16/h9H,4-8H2,1-3H3,(H2,12,16). The van der Waals surface area contributed by atoms with Gasteiger partial charge < -0.3 is 15.4 Å². The van der Waals surface area contributed by atoms with Gasteiger partial charge in [0.1, 0.15) is 0 Å². The van der Waals surface area contributed by atoms with E-state index < -0.39 is 0 Å². The number of amides is 1. The normalized spacial score (nSPS) is 10.5. The van der Waals surface area contributed by atoms with Gasteiger partial charge in [0.2, 0.25) is 5.91 Å². The molecule has 0 aromatic rings. The second kappa shape index (κ2) is 8.47. The van der Waals surface area contributed by atoms with Crippen molar-refractivity contribution in [3.8, 4) is 0 Å². The predicted octanol–water partition coefficient (Wildman–Crippen LogP) is 1.33. The van der Waals surface area contributed by atoms with Crippen LogP contribution in [-0.4, -0.2) is 41.6 Å². The zero-order valence-electron chi connectivity index (χ0n) is 10.4. The highest BCUT2D eigenvalue weighted by molar-refractivity contribution is 7.80. The van der Waals surface area contributed by atoms with Crippen LogP contribution in [0.25, 0.3) is 0 Å². The van der Waals surface area contributed by atoms with Crippen molar-refractivity contribution in [3.63, 3.8) is 0 Å². The fraction of sp³-hybridized carbons (Fsp3) is 0.818. The largest absolute Gasteiger partial charge is 0.393 e. The molecule has 0 aromatic carbocycles. The molecule has 0 spiro atoms. The fourth-order valence-electron chi connectivity index (χ4n) is 1.35. The average molecular weight is 246 g/mol. The van der Waals surface area contributed by atoms with Gasteiger partial charge in [0.05, 0.1) is 18.0 Å². The highest BCUT2D eigenvalue weighted by Gasteiger charge is 2.16. The van der Waals surface area contributed by atoms with Crippen molar-refractivity contribution >= 4 is 23.1 Å². The molecule has 4 nitrogen and oxygen atoms in total. The van der Waals surface area contributed by atoms with Crippen LogP contribution in [0.3, 0.4) is 0 Å². The van der Waals surface area contributed by atoms with E-state index in [0.29, 0.717) is 37.6 Å². The van der Waals surface area contributed by atoms with Gasteiger partial charge in [-0.15, -0.1) is 0 Å².